The number of likely N-dealkylation sites (tertiary alicyclic amines) is 1. The van der Waals surface area contributed by atoms with Gasteiger partial charge in [0.25, 0.3) is 5.92 Å². The van der Waals surface area contributed by atoms with Gasteiger partial charge in [0.15, 0.2) is 0 Å². The molecule has 0 aliphatic carbocycles. The molecule has 0 aromatic heterocycles. The number of nitrogens with one attached hydrogen (secondary N) is 2. The zero-order valence-electron chi connectivity index (χ0n) is 10.7. The van der Waals surface area contributed by atoms with Crippen molar-refractivity contribution in [2.45, 2.75) is 19.8 Å². The molecule has 4 nitrogen and oxygen atoms in total. The average Bonchev–Trinajstić information content (AvgIpc) is 2.48. The third kappa shape index (κ3) is 2.63. The average molecular weight is 289 g/mol. The smallest absolute Gasteiger partial charge is 0.271 e. The van der Waals surface area contributed by atoms with Gasteiger partial charge in [0.05, 0.1) is 6.54 Å². The Hall–Kier alpha value is -1.43. The number of hydrogen-bond donors (Lipinski definition) is 2. The largest absolute Gasteiger partial charge is 0.351 e. The van der Waals surface area contributed by atoms with Crippen molar-refractivity contribution in [3.63, 3.8) is 0 Å². The molecule has 1 fully saturated rings. The van der Waals surface area contributed by atoms with E-state index in [4.69, 9.17) is 17.0 Å². The van der Waals surface area contributed by atoms with Crippen LogP contribution in [0, 0.1) is 10.8 Å². The summed E-state index contributed by atoms with van der Waals surface area (Å²) >= 11 is 5.87. The van der Waals surface area contributed by atoms with Gasteiger partial charge in [-0.05, 0) is 6.08 Å². The molecule has 7 heteroatoms. The van der Waals surface area contributed by atoms with Gasteiger partial charge in [0, 0.05) is 24.3 Å². The zero-order chi connectivity index (χ0) is 14.3. The van der Waals surface area contributed by atoms with Crippen molar-refractivity contribution in [3.05, 3.63) is 23.8 Å². The van der Waals surface area contributed by atoms with Crippen LogP contribution in [0.4, 0.5) is 8.78 Å². The Morgan fingerprint density at radius 1 is 1.47 bits per heavy atom. The lowest BCUT2D eigenvalue weighted by atomic mass is 9.89. The van der Waals surface area contributed by atoms with E-state index < -0.39 is 11.3 Å². The Bertz CT molecular complexity index is 478. The van der Waals surface area contributed by atoms with E-state index in [2.05, 4.69) is 10.3 Å². The molecule has 0 unspecified atom stereocenters. The summed E-state index contributed by atoms with van der Waals surface area (Å²) in [6.45, 7) is 2.95. The summed E-state index contributed by atoms with van der Waals surface area (Å²) in [5, 5.41) is 10.1. The van der Waals surface area contributed by atoms with Crippen LogP contribution in [0.25, 0.3) is 0 Å². The number of alkyl halides is 2. The second kappa shape index (κ2) is 4.59. The molecular formula is C12H15ClF2N4. The molecule has 19 heavy (non-hydrogen) atoms. The van der Waals surface area contributed by atoms with Crippen LogP contribution in [0.3, 0.4) is 0 Å². The summed E-state index contributed by atoms with van der Waals surface area (Å²) in [7, 11) is 0. The van der Waals surface area contributed by atoms with E-state index in [1.807, 2.05) is 0 Å². The maximum absolute atomic E-state index is 13.9. The minimum atomic E-state index is -2.76. The molecule has 0 aromatic carbocycles. The molecule has 2 aliphatic rings. The fourth-order valence-electron chi connectivity index (χ4n) is 2.06. The standard InChI is InChI=1S/C12H15ClF2N4/c1-11(2)6-19(7-12(11,14)15)10-5-8(13)17-9(18-10)3-4-16/h3-5,16,18H,6-7H2,1-2H3/b9-3-,16-4?. The van der Waals surface area contributed by atoms with Crippen molar-refractivity contribution < 1.29 is 8.78 Å². The van der Waals surface area contributed by atoms with Crippen molar-refractivity contribution >= 4 is 23.0 Å². The Morgan fingerprint density at radius 2 is 2.16 bits per heavy atom. The van der Waals surface area contributed by atoms with Gasteiger partial charge in [-0.2, -0.15) is 0 Å². The Balaban J connectivity index is 2.23. The van der Waals surface area contributed by atoms with Crippen LogP contribution < -0.4 is 5.32 Å². The summed E-state index contributed by atoms with van der Waals surface area (Å²) in [6, 6.07) is 0. The van der Waals surface area contributed by atoms with Crippen LogP contribution in [0.2, 0.25) is 0 Å². The number of halogens is 3. The second-order valence-electron chi connectivity index (χ2n) is 5.25. The van der Waals surface area contributed by atoms with E-state index in [1.54, 1.807) is 18.7 Å². The molecule has 0 aromatic rings. The number of aliphatic imine (C=N–C) groups is 1. The number of allylic oxidation sites excluding steroid dienone is 2. The highest BCUT2D eigenvalue weighted by molar-refractivity contribution is 6.68. The minimum absolute atomic E-state index is 0.204. The Morgan fingerprint density at radius 3 is 2.68 bits per heavy atom. The van der Waals surface area contributed by atoms with Crippen molar-refractivity contribution in [1.29, 1.82) is 5.41 Å². The van der Waals surface area contributed by atoms with Crippen LogP contribution in [-0.2, 0) is 0 Å². The van der Waals surface area contributed by atoms with E-state index in [1.165, 1.54) is 12.2 Å². The van der Waals surface area contributed by atoms with E-state index in [0.29, 0.717) is 11.6 Å². The number of rotatable bonds is 2. The lowest BCUT2D eigenvalue weighted by Gasteiger charge is -2.26. The summed E-state index contributed by atoms with van der Waals surface area (Å²) < 4.78 is 27.7. The van der Waals surface area contributed by atoms with Gasteiger partial charge in [-0.3, -0.25) is 0 Å². The first-order chi connectivity index (χ1) is 8.75. The van der Waals surface area contributed by atoms with Gasteiger partial charge in [0.2, 0.25) is 0 Å². The molecule has 0 saturated carbocycles. The van der Waals surface area contributed by atoms with Crippen molar-refractivity contribution in [3.8, 4) is 0 Å². The predicted octanol–water partition coefficient (Wildman–Crippen LogP) is 2.54. The molecule has 2 aliphatic heterocycles. The Kier molecular flexibility index (Phi) is 3.38. The van der Waals surface area contributed by atoms with Crippen molar-refractivity contribution in [2.75, 3.05) is 13.1 Å². The molecule has 0 bridgehead atoms. The highest BCUT2D eigenvalue weighted by Gasteiger charge is 2.54. The third-order valence-corrected chi connectivity index (χ3v) is 3.48. The van der Waals surface area contributed by atoms with Crippen LogP contribution in [0.1, 0.15) is 13.8 Å². The van der Waals surface area contributed by atoms with E-state index in [0.717, 1.165) is 6.21 Å². The summed E-state index contributed by atoms with van der Waals surface area (Å²) in [5.41, 5.74) is -1.10. The Labute approximate surface area is 115 Å². The highest BCUT2D eigenvalue weighted by Crippen LogP contribution is 2.44. The minimum Gasteiger partial charge on any atom is -0.351 e. The molecule has 0 radical (unpaired) electrons. The van der Waals surface area contributed by atoms with Gasteiger partial charge in [0.1, 0.15) is 16.8 Å². The summed E-state index contributed by atoms with van der Waals surface area (Å²) in [6.07, 6.45) is 3.98. The van der Waals surface area contributed by atoms with Crippen LogP contribution in [-0.4, -0.2) is 35.3 Å². The first-order valence-corrected chi connectivity index (χ1v) is 6.19. The lowest BCUT2D eigenvalue weighted by molar-refractivity contribution is -0.0663. The fourth-order valence-corrected chi connectivity index (χ4v) is 2.25. The van der Waals surface area contributed by atoms with E-state index in [-0.39, 0.29) is 18.3 Å². The van der Waals surface area contributed by atoms with Crippen molar-refractivity contribution in [1.82, 2.24) is 10.2 Å². The van der Waals surface area contributed by atoms with Crippen molar-refractivity contribution in [2.24, 2.45) is 10.4 Å². The van der Waals surface area contributed by atoms with Crippen LogP contribution in [0.15, 0.2) is 28.8 Å². The quantitative estimate of drug-likeness (QED) is 0.767. The fraction of sp³-hybridized carbons (Fsp3) is 0.500. The first kappa shape index (κ1) is 14.0. The van der Waals surface area contributed by atoms with Gasteiger partial charge >= 0.3 is 0 Å². The molecule has 2 heterocycles. The molecule has 1 saturated heterocycles. The van der Waals surface area contributed by atoms with E-state index >= 15 is 0 Å². The highest BCUT2D eigenvalue weighted by atomic mass is 35.5. The van der Waals surface area contributed by atoms with Gasteiger partial charge in [-0.1, -0.05) is 25.4 Å². The maximum Gasteiger partial charge on any atom is 0.271 e. The third-order valence-electron chi connectivity index (χ3n) is 3.29. The molecule has 0 atom stereocenters. The van der Waals surface area contributed by atoms with Crippen LogP contribution >= 0.6 is 11.6 Å². The molecule has 104 valence electrons. The monoisotopic (exact) mass is 288 g/mol. The molecular weight excluding hydrogens is 274 g/mol. The van der Waals surface area contributed by atoms with Gasteiger partial charge in [-0.25, -0.2) is 13.8 Å². The van der Waals surface area contributed by atoms with E-state index in [9.17, 15) is 8.78 Å². The van der Waals surface area contributed by atoms with Gasteiger partial charge in [-0.15, -0.1) is 0 Å². The van der Waals surface area contributed by atoms with Gasteiger partial charge < -0.3 is 15.6 Å². The maximum atomic E-state index is 13.9. The number of nitrogens with zero attached hydrogens (tertiary/aromatic N) is 2. The molecule has 2 N–H and O–H groups in total. The second-order valence-corrected chi connectivity index (χ2v) is 5.64. The predicted molar refractivity (Wildman–Crippen MR) is 71.7 cm³/mol. The first-order valence-electron chi connectivity index (χ1n) is 5.82. The molecule has 0 amide bonds. The SMILES string of the molecule is CC1(C)CN(C2=CC(Cl)=N/C(=C/C=N)N2)CC1(F)F. The van der Waals surface area contributed by atoms with Crippen LogP contribution in [0.5, 0.6) is 0 Å². The molecule has 2 rings (SSSR count). The zero-order valence-corrected chi connectivity index (χ0v) is 11.4. The summed E-state index contributed by atoms with van der Waals surface area (Å²) in [5.74, 6) is -1.91. The lowest BCUT2D eigenvalue weighted by Crippen LogP contribution is -2.34. The summed E-state index contributed by atoms with van der Waals surface area (Å²) in [4.78, 5) is 5.51. The number of hydrogen-bond acceptors (Lipinski definition) is 4. The normalized spacial score (nSPS) is 26.8. The molecule has 0 spiro atoms. The topological polar surface area (TPSA) is 51.5 Å².